The average molecular weight is 320 g/mol. The maximum Gasteiger partial charge on any atom is 0.416 e. The van der Waals surface area contributed by atoms with E-state index in [0.29, 0.717) is 17.9 Å². The van der Waals surface area contributed by atoms with Crippen molar-refractivity contribution < 1.29 is 13.2 Å². The second kappa shape index (κ2) is 6.38. The molecule has 0 aliphatic heterocycles. The monoisotopic (exact) mass is 320 g/mol. The topological polar surface area (TPSA) is 0 Å². The van der Waals surface area contributed by atoms with Crippen LogP contribution in [0, 0.1) is 0 Å². The minimum atomic E-state index is -4.30. The van der Waals surface area contributed by atoms with Crippen LogP contribution in [0.2, 0.25) is 0 Å². The van der Waals surface area contributed by atoms with Crippen LogP contribution in [-0.2, 0) is 18.0 Å². The third-order valence-corrected chi connectivity index (χ3v) is 4.26. The summed E-state index contributed by atoms with van der Waals surface area (Å²) in [7, 11) is 0. The molecule has 0 aliphatic carbocycles. The molecular formula is C20H23F3. The van der Waals surface area contributed by atoms with Gasteiger partial charge >= 0.3 is 6.18 Å². The minimum absolute atomic E-state index is 0.361. The Hall–Kier alpha value is -1.77. The summed E-state index contributed by atoms with van der Waals surface area (Å²) in [6.45, 7) is 8.25. The number of hydrogen-bond acceptors (Lipinski definition) is 0. The van der Waals surface area contributed by atoms with Gasteiger partial charge in [-0.25, -0.2) is 0 Å². The molecule has 0 aromatic heterocycles. The van der Waals surface area contributed by atoms with E-state index in [1.807, 2.05) is 13.8 Å². The van der Waals surface area contributed by atoms with Crippen LogP contribution >= 0.6 is 0 Å². The highest BCUT2D eigenvalue weighted by atomic mass is 19.4. The normalized spacial score (nSPS) is 12.7. The van der Waals surface area contributed by atoms with Gasteiger partial charge in [-0.05, 0) is 40.5 Å². The van der Waals surface area contributed by atoms with Crippen molar-refractivity contribution in [2.24, 2.45) is 0 Å². The third-order valence-electron chi connectivity index (χ3n) is 4.26. The largest absolute Gasteiger partial charge is 0.416 e. The van der Waals surface area contributed by atoms with Crippen LogP contribution in [0.15, 0.2) is 48.5 Å². The Balaban J connectivity index is 2.24. The fourth-order valence-corrected chi connectivity index (χ4v) is 2.75. The lowest BCUT2D eigenvalue weighted by Gasteiger charge is -2.26. The maximum absolute atomic E-state index is 12.9. The van der Waals surface area contributed by atoms with Crippen LogP contribution in [0.1, 0.15) is 55.9 Å². The molecule has 0 bridgehead atoms. The molecule has 0 saturated carbocycles. The van der Waals surface area contributed by atoms with Gasteiger partial charge in [0.25, 0.3) is 0 Å². The Bertz CT molecular complexity index is 649. The van der Waals surface area contributed by atoms with Crippen LogP contribution in [0.4, 0.5) is 13.2 Å². The number of halogens is 3. The van der Waals surface area contributed by atoms with E-state index in [4.69, 9.17) is 0 Å². The smallest absolute Gasteiger partial charge is 0.166 e. The van der Waals surface area contributed by atoms with Gasteiger partial charge in [0.15, 0.2) is 0 Å². The van der Waals surface area contributed by atoms with E-state index < -0.39 is 11.7 Å². The summed E-state index contributed by atoms with van der Waals surface area (Å²) in [6, 6.07) is 14.0. The van der Waals surface area contributed by atoms with Crippen molar-refractivity contribution in [2.45, 2.75) is 51.6 Å². The first kappa shape index (κ1) is 17.6. The van der Waals surface area contributed by atoms with E-state index in [1.54, 1.807) is 6.07 Å². The molecule has 0 fully saturated rings. The van der Waals surface area contributed by atoms with E-state index in [9.17, 15) is 13.2 Å². The standard InChI is InChI=1S/C20H23F3/c1-14(2)16-10-8-15(9-11-16)13-19(3,4)17-6-5-7-18(12-17)20(21,22)23/h5-12,14H,13H2,1-4H3. The summed E-state index contributed by atoms with van der Waals surface area (Å²) in [6.07, 6.45) is -3.60. The van der Waals surface area contributed by atoms with Crippen molar-refractivity contribution in [3.05, 3.63) is 70.8 Å². The van der Waals surface area contributed by atoms with Gasteiger partial charge in [-0.1, -0.05) is 70.2 Å². The summed E-state index contributed by atoms with van der Waals surface area (Å²) >= 11 is 0. The van der Waals surface area contributed by atoms with Gasteiger partial charge < -0.3 is 0 Å². The van der Waals surface area contributed by atoms with Crippen LogP contribution in [0.3, 0.4) is 0 Å². The number of alkyl halides is 3. The van der Waals surface area contributed by atoms with E-state index in [2.05, 4.69) is 38.1 Å². The lowest BCUT2D eigenvalue weighted by atomic mass is 9.78. The van der Waals surface area contributed by atoms with Gasteiger partial charge in [-0.15, -0.1) is 0 Å². The summed E-state index contributed by atoms with van der Waals surface area (Å²) < 4.78 is 38.7. The van der Waals surface area contributed by atoms with Gasteiger partial charge in [0.1, 0.15) is 0 Å². The highest BCUT2D eigenvalue weighted by molar-refractivity contribution is 5.34. The first-order valence-corrected chi connectivity index (χ1v) is 7.86. The molecule has 124 valence electrons. The molecule has 0 radical (unpaired) electrons. The lowest BCUT2D eigenvalue weighted by Crippen LogP contribution is -2.21. The van der Waals surface area contributed by atoms with Crippen molar-refractivity contribution in [2.75, 3.05) is 0 Å². The predicted molar refractivity (Wildman–Crippen MR) is 88.7 cm³/mol. The molecule has 0 spiro atoms. The van der Waals surface area contributed by atoms with Crippen LogP contribution in [0.25, 0.3) is 0 Å². The SMILES string of the molecule is CC(C)c1ccc(CC(C)(C)c2cccc(C(F)(F)F)c2)cc1. The van der Waals surface area contributed by atoms with E-state index >= 15 is 0 Å². The van der Waals surface area contributed by atoms with Crippen LogP contribution in [-0.4, -0.2) is 0 Å². The Morgan fingerprint density at radius 1 is 0.870 bits per heavy atom. The Morgan fingerprint density at radius 3 is 1.96 bits per heavy atom. The van der Waals surface area contributed by atoms with Crippen molar-refractivity contribution in [1.29, 1.82) is 0 Å². The third kappa shape index (κ3) is 4.37. The number of rotatable bonds is 4. The number of benzene rings is 2. The fourth-order valence-electron chi connectivity index (χ4n) is 2.75. The van der Waals surface area contributed by atoms with Crippen LogP contribution in [0.5, 0.6) is 0 Å². The number of hydrogen-bond donors (Lipinski definition) is 0. The van der Waals surface area contributed by atoms with Gasteiger partial charge in [0, 0.05) is 0 Å². The van der Waals surface area contributed by atoms with Gasteiger partial charge in [0.05, 0.1) is 5.56 Å². The van der Waals surface area contributed by atoms with Gasteiger partial charge in [-0.2, -0.15) is 13.2 Å². The van der Waals surface area contributed by atoms with Gasteiger partial charge in [0.2, 0.25) is 0 Å². The summed E-state index contributed by atoms with van der Waals surface area (Å²) in [5, 5.41) is 0. The zero-order valence-corrected chi connectivity index (χ0v) is 14.0. The molecule has 0 unspecified atom stereocenters. The second-order valence-electron chi connectivity index (χ2n) is 7.04. The molecule has 2 aromatic rings. The molecule has 0 amide bonds. The van der Waals surface area contributed by atoms with E-state index in [1.165, 1.54) is 17.7 Å². The van der Waals surface area contributed by atoms with E-state index in [0.717, 1.165) is 11.6 Å². The minimum Gasteiger partial charge on any atom is -0.166 e. The molecule has 0 atom stereocenters. The van der Waals surface area contributed by atoms with E-state index in [-0.39, 0.29) is 5.41 Å². The molecule has 0 heterocycles. The predicted octanol–water partition coefficient (Wildman–Crippen LogP) is 6.35. The van der Waals surface area contributed by atoms with Crippen molar-refractivity contribution in [3.63, 3.8) is 0 Å². The Labute approximate surface area is 136 Å². The van der Waals surface area contributed by atoms with Crippen molar-refractivity contribution in [1.82, 2.24) is 0 Å². The van der Waals surface area contributed by atoms with Crippen molar-refractivity contribution in [3.8, 4) is 0 Å². The molecule has 0 N–H and O–H groups in total. The van der Waals surface area contributed by atoms with Crippen LogP contribution < -0.4 is 0 Å². The molecule has 2 aromatic carbocycles. The molecule has 0 aliphatic rings. The summed E-state index contributed by atoms with van der Waals surface area (Å²) in [5.41, 5.74) is 2.17. The molecule has 2 rings (SSSR count). The average Bonchev–Trinajstić information content (AvgIpc) is 2.46. The first-order chi connectivity index (χ1) is 10.6. The molecule has 23 heavy (non-hydrogen) atoms. The molecule has 3 heteroatoms. The first-order valence-electron chi connectivity index (χ1n) is 7.86. The fraction of sp³-hybridized carbons (Fsp3) is 0.400. The maximum atomic E-state index is 12.9. The zero-order chi connectivity index (χ0) is 17.3. The molecule has 0 nitrogen and oxygen atoms in total. The van der Waals surface area contributed by atoms with Gasteiger partial charge in [-0.3, -0.25) is 0 Å². The van der Waals surface area contributed by atoms with Crippen molar-refractivity contribution >= 4 is 0 Å². The lowest BCUT2D eigenvalue weighted by molar-refractivity contribution is -0.137. The second-order valence-corrected chi connectivity index (χ2v) is 7.04. The zero-order valence-electron chi connectivity index (χ0n) is 14.0. The summed E-state index contributed by atoms with van der Waals surface area (Å²) in [4.78, 5) is 0. The molecular weight excluding hydrogens is 297 g/mol. The highest BCUT2D eigenvalue weighted by Gasteiger charge is 2.32. The highest BCUT2D eigenvalue weighted by Crippen LogP contribution is 2.34. The summed E-state index contributed by atoms with van der Waals surface area (Å²) in [5.74, 6) is 0.473. The Kier molecular flexibility index (Phi) is 4.88. The molecule has 0 saturated heterocycles. The Morgan fingerprint density at radius 2 is 1.43 bits per heavy atom. The quantitative estimate of drug-likeness (QED) is 0.616.